The van der Waals surface area contributed by atoms with Gasteiger partial charge in [-0.3, -0.25) is 20.1 Å². The highest BCUT2D eigenvalue weighted by molar-refractivity contribution is 8.03. The fraction of sp³-hybridized carbons (Fsp3) is 0.686. The summed E-state index contributed by atoms with van der Waals surface area (Å²) in [7, 11) is 3.30. The van der Waals surface area contributed by atoms with Crippen LogP contribution in [0.15, 0.2) is 29.8 Å². The molecule has 0 saturated heterocycles. The Morgan fingerprint density at radius 3 is 2.28 bits per heavy atom. The molecular formula is C35H57N5O5S. The minimum atomic E-state index is -1.14. The summed E-state index contributed by atoms with van der Waals surface area (Å²) >= 11 is 1.34. The number of rotatable bonds is 16. The minimum Gasteiger partial charge on any atom is -0.390 e. The topological polar surface area (TPSA) is 148 Å². The lowest BCUT2D eigenvalue weighted by atomic mass is 9.82. The third-order valence-corrected chi connectivity index (χ3v) is 9.98. The first-order chi connectivity index (χ1) is 21.7. The van der Waals surface area contributed by atoms with Crippen molar-refractivity contribution >= 4 is 29.5 Å². The Kier molecular flexibility index (Phi) is 14.4. The van der Waals surface area contributed by atoms with Crippen molar-refractivity contribution < 1.29 is 24.6 Å². The summed E-state index contributed by atoms with van der Waals surface area (Å²) in [5.41, 5.74) is 9.62. The Morgan fingerprint density at radius 1 is 1.07 bits per heavy atom. The molecule has 0 radical (unpaired) electrons. The molecule has 1 saturated carbocycles. The molecule has 0 aromatic heterocycles. The molecule has 46 heavy (non-hydrogen) atoms. The quantitative estimate of drug-likeness (QED) is 0.180. The summed E-state index contributed by atoms with van der Waals surface area (Å²) in [6, 6.07) is 5.38. The lowest BCUT2D eigenvalue weighted by Crippen LogP contribution is -2.54. The van der Waals surface area contributed by atoms with Gasteiger partial charge in [-0.15, -0.1) is 0 Å². The van der Waals surface area contributed by atoms with E-state index in [1.807, 2.05) is 45.2 Å². The Morgan fingerprint density at radius 2 is 1.72 bits per heavy atom. The molecule has 10 nitrogen and oxygen atoms in total. The molecule has 3 amide bonds. The Hall–Kier alpha value is -2.60. The SMILES string of the molecule is Cc1cc(C)cc(CN(CC(=O)N(C)C)C(=O)C[C@H](CC2(N)NC=CS2)C(=O)N[C@@H](CC2CCCCC2)[C@@H](O)[C@@H](O)CC(C)C)c1. The van der Waals surface area contributed by atoms with E-state index < -0.39 is 35.1 Å². The largest absolute Gasteiger partial charge is 0.390 e. The molecule has 1 heterocycles. The van der Waals surface area contributed by atoms with Crippen LogP contribution in [-0.2, 0) is 20.9 Å². The summed E-state index contributed by atoms with van der Waals surface area (Å²) < 4.78 is 0. The molecule has 1 fully saturated rings. The number of amides is 3. The van der Waals surface area contributed by atoms with E-state index in [9.17, 15) is 24.6 Å². The Balaban J connectivity index is 1.87. The molecule has 3 rings (SSSR count). The first-order valence-corrected chi connectivity index (χ1v) is 17.6. The fourth-order valence-corrected chi connectivity index (χ4v) is 7.42. The van der Waals surface area contributed by atoms with Gasteiger partial charge in [-0.25, -0.2) is 0 Å². The van der Waals surface area contributed by atoms with Gasteiger partial charge in [0, 0.05) is 39.7 Å². The monoisotopic (exact) mass is 659 g/mol. The van der Waals surface area contributed by atoms with E-state index in [1.165, 1.54) is 28.0 Å². The van der Waals surface area contributed by atoms with E-state index >= 15 is 0 Å². The van der Waals surface area contributed by atoms with Gasteiger partial charge in [0.05, 0.1) is 18.1 Å². The number of hydrogen-bond acceptors (Lipinski definition) is 8. The average Bonchev–Trinajstić information content (AvgIpc) is 3.41. The maximum Gasteiger partial charge on any atom is 0.241 e. The molecule has 1 aromatic carbocycles. The zero-order valence-corrected chi connectivity index (χ0v) is 29.4. The number of nitrogens with zero attached hydrogens (tertiary/aromatic N) is 2. The maximum absolute atomic E-state index is 14.1. The summed E-state index contributed by atoms with van der Waals surface area (Å²) in [6.45, 7) is 8.05. The van der Waals surface area contributed by atoms with Gasteiger partial charge in [-0.05, 0) is 49.5 Å². The first-order valence-electron chi connectivity index (χ1n) is 16.8. The Labute approximate surface area is 279 Å². The molecule has 11 heteroatoms. The molecule has 1 aromatic rings. The van der Waals surface area contributed by atoms with E-state index in [4.69, 9.17) is 5.73 Å². The number of aliphatic hydroxyl groups is 2. The second-order valence-electron chi connectivity index (χ2n) is 14.1. The van der Waals surface area contributed by atoms with Crippen molar-refractivity contribution in [1.29, 1.82) is 0 Å². The molecule has 6 N–H and O–H groups in total. The summed E-state index contributed by atoms with van der Waals surface area (Å²) in [5, 5.41) is 30.2. The van der Waals surface area contributed by atoms with Gasteiger partial charge in [0.2, 0.25) is 17.7 Å². The molecule has 1 aliphatic heterocycles. The van der Waals surface area contributed by atoms with E-state index in [-0.39, 0.29) is 43.7 Å². The Bertz CT molecular complexity index is 1170. The van der Waals surface area contributed by atoms with Gasteiger partial charge in [-0.1, -0.05) is 87.0 Å². The standard InChI is InChI=1S/C35H57N5O5S/c1-23(2)14-30(41)33(44)29(18-26-10-8-7-9-11-26)38-34(45)28(20-35(36)37-12-13-46-35)19-31(42)40(22-32(43)39(5)6)21-27-16-24(3)15-25(4)17-27/h12-13,15-17,23,26,28-30,33,37,41,44H,7-11,14,18-22,36H2,1-6H3,(H,38,45)/t28-,29+,30+,33-,35?/m1/s1. The van der Waals surface area contributed by atoms with Crippen LogP contribution in [0.2, 0.25) is 0 Å². The molecule has 2 aliphatic rings. The number of benzene rings is 1. The molecule has 5 atom stereocenters. The number of aryl methyl sites for hydroxylation is 2. The van der Waals surface area contributed by atoms with Crippen molar-refractivity contribution in [3.05, 3.63) is 46.5 Å². The molecular weight excluding hydrogens is 602 g/mol. The van der Waals surface area contributed by atoms with Crippen molar-refractivity contribution in [2.24, 2.45) is 23.5 Å². The summed E-state index contributed by atoms with van der Waals surface area (Å²) in [4.78, 5) is 43.0. The van der Waals surface area contributed by atoms with Crippen molar-refractivity contribution in [1.82, 2.24) is 20.4 Å². The molecule has 1 aliphatic carbocycles. The predicted molar refractivity (Wildman–Crippen MR) is 184 cm³/mol. The zero-order valence-electron chi connectivity index (χ0n) is 28.6. The van der Waals surface area contributed by atoms with E-state index in [0.717, 1.165) is 42.4 Å². The normalized spacial score (nSPS) is 20.9. The van der Waals surface area contributed by atoms with E-state index in [2.05, 4.69) is 16.7 Å². The summed E-state index contributed by atoms with van der Waals surface area (Å²) in [6.07, 6.45) is 5.98. The van der Waals surface area contributed by atoms with Crippen LogP contribution in [0.25, 0.3) is 0 Å². The third-order valence-electron chi connectivity index (χ3n) is 9.01. The van der Waals surface area contributed by atoms with Crippen LogP contribution in [0.5, 0.6) is 0 Å². The lowest BCUT2D eigenvalue weighted by molar-refractivity contribution is -0.142. The van der Waals surface area contributed by atoms with Gasteiger partial charge in [0.15, 0.2) is 0 Å². The average molecular weight is 660 g/mol. The van der Waals surface area contributed by atoms with Crippen molar-refractivity contribution in [2.45, 2.75) is 115 Å². The number of thioether (sulfide) groups is 1. The van der Waals surface area contributed by atoms with Crippen molar-refractivity contribution in [3.63, 3.8) is 0 Å². The first kappa shape index (κ1) is 37.9. The van der Waals surface area contributed by atoms with Crippen molar-refractivity contribution in [3.8, 4) is 0 Å². The van der Waals surface area contributed by atoms with Gasteiger partial charge in [0.25, 0.3) is 0 Å². The van der Waals surface area contributed by atoms with Gasteiger partial charge in [0.1, 0.15) is 17.6 Å². The van der Waals surface area contributed by atoms with Crippen LogP contribution in [-0.4, -0.2) is 81.6 Å². The van der Waals surface area contributed by atoms with Crippen LogP contribution in [0.3, 0.4) is 0 Å². The highest BCUT2D eigenvalue weighted by atomic mass is 32.2. The second kappa shape index (κ2) is 17.5. The van der Waals surface area contributed by atoms with Crippen LogP contribution in [0.1, 0.15) is 88.3 Å². The number of likely N-dealkylation sites (N-methyl/N-ethyl adjacent to an activating group) is 1. The smallest absolute Gasteiger partial charge is 0.241 e. The molecule has 258 valence electrons. The molecule has 1 unspecified atom stereocenters. The molecule has 0 spiro atoms. The van der Waals surface area contributed by atoms with E-state index in [0.29, 0.717) is 18.8 Å². The van der Waals surface area contributed by atoms with Gasteiger partial charge in [-0.2, -0.15) is 0 Å². The van der Waals surface area contributed by atoms with Crippen LogP contribution < -0.4 is 16.4 Å². The number of hydrogen-bond donors (Lipinski definition) is 5. The minimum absolute atomic E-state index is 0.125. The number of aliphatic hydroxyl groups excluding tert-OH is 2. The maximum atomic E-state index is 14.1. The lowest BCUT2D eigenvalue weighted by Gasteiger charge is -2.35. The van der Waals surface area contributed by atoms with Gasteiger partial charge < -0.3 is 30.6 Å². The van der Waals surface area contributed by atoms with E-state index in [1.54, 1.807) is 20.3 Å². The van der Waals surface area contributed by atoms with Crippen LogP contribution in [0.4, 0.5) is 0 Å². The van der Waals surface area contributed by atoms with Gasteiger partial charge >= 0.3 is 0 Å². The second-order valence-corrected chi connectivity index (χ2v) is 15.4. The molecule has 0 bridgehead atoms. The number of nitrogens with one attached hydrogen (secondary N) is 2. The van der Waals surface area contributed by atoms with Crippen LogP contribution in [0, 0.1) is 31.6 Å². The highest BCUT2D eigenvalue weighted by Crippen LogP contribution is 2.33. The summed E-state index contributed by atoms with van der Waals surface area (Å²) in [5.74, 6) is -1.29. The number of carbonyl (C=O) groups excluding carboxylic acids is 3. The number of nitrogens with two attached hydrogens (primary N) is 1. The fourth-order valence-electron chi connectivity index (χ4n) is 6.61. The highest BCUT2D eigenvalue weighted by Gasteiger charge is 2.38. The number of carbonyl (C=O) groups is 3. The van der Waals surface area contributed by atoms with Crippen LogP contribution >= 0.6 is 11.8 Å². The zero-order chi connectivity index (χ0) is 34.0. The predicted octanol–water partition coefficient (Wildman–Crippen LogP) is 3.76. The van der Waals surface area contributed by atoms with Crippen molar-refractivity contribution in [2.75, 3.05) is 20.6 Å². The third kappa shape index (κ3) is 11.9.